The Balaban J connectivity index is 2.35. The molecule has 1 unspecified atom stereocenters. The lowest BCUT2D eigenvalue weighted by Gasteiger charge is -2.26. The molecule has 0 saturated carbocycles. The zero-order chi connectivity index (χ0) is 6.85. The quantitative estimate of drug-likeness (QED) is 0.496. The second-order valence-electron chi connectivity index (χ2n) is 3.27. The van der Waals surface area contributed by atoms with Gasteiger partial charge in [0.15, 0.2) is 0 Å². The zero-order valence-electron chi connectivity index (χ0n) is 6.65. The summed E-state index contributed by atoms with van der Waals surface area (Å²) in [6.45, 7) is 6.81. The number of allylic oxidation sites excluding steroid dienone is 2. The Kier molecular flexibility index (Phi) is 1.94. The highest BCUT2D eigenvalue weighted by molar-refractivity contribution is 5.18. The molecule has 0 radical (unpaired) electrons. The Labute approximate surface area is 58.0 Å². The van der Waals surface area contributed by atoms with E-state index in [-0.39, 0.29) is 0 Å². The molecule has 0 amide bonds. The second kappa shape index (κ2) is 2.55. The summed E-state index contributed by atoms with van der Waals surface area (Å²) in [5.41, 5.74) is 1.67. The number of hydrogen-bond acceptors (Lipinski definition) is 0. The fourth-order valence-corrected chi connectivity index (χ4v) is 1.26. The molecule has 0 aromatic rings. The van der Waals surface area contributed by atoms with Crippen molar-refractivity contribution in [3.63, 3.8) is 0 Å². The Morgan fingerprint density at radius 2 is 2.22 bits per heavy atom. The standard InChI is InChI=1S/C9H16/c1-4-8-5-9(6-8)7(2)3/h5,7-8H,4,6H2,1-3H3. The highest BCUT2D eigenvalue weighted by Gasteiger charge is 2.18. The van der Waals surface area contributed by atoms with Gasteiger partial charge in [-0.2, -0.15) is 0 Å². The third-order valence-electron chi connectivity index (χ3n) is 2.21. The fraction of sp³-hybridized carbons (Fsp3) is 0.778. The predicted octanol–water partition coefficient (Wildman–Crippen LogP) is 3.00. The van der Waals surface area contributed by atoms with Gasteiger partial charge in [-0.15, -0.1) is 0 Å². The zero-order valence-corrected chi connectivity index (χ0v) is 6.65. The molecule has 1 aliphatic rings. The van der Waals surface area contributed by atoms with Crippen LogP contribution < -0.4 is 0 Å². The van der Waals surface area contributed by atoms with Crippen molar-refractivity contribution in [3.8, 4) is 0 Å². The molecule has 0 aliphatic heterocycles. The van der Waals surface area contributed by atoms with Crippen molar-refractivity contribution in [3.05, 3.63) is 11.6 Å². The van der Waals surface area contributed by atoms with E-state index in [0.29, 0.717) is 0 Å². The van der Waals surface area contributed by atoms with Crippen LogP contribution in [0, 0.1) is 11.8 Å². The Hall–Kier alpha value is -0.260. The van der Waals surface area contributed by atoms with Gasteiger partial charge in [-0.25, -0.2) is 0 Å². The van der Waals surface area contributed by atoms with E-state index in [4.69, 9.17) is 0 Å². The van der Waals surface area contributed by atoms with Gasteiger partial charge in [0.25, 0.3) is 0 Å². The van der Waals surface area contributed by atoms with Crippen LogP contribution in [-0.4, -0.2) is 0 Å². The van der Waals surface area contributed by atoms with Gasteiger partial charge in [-0.1, -0.05) is 32.4 Å². The maximum atomic E-state index is 2.44. The van der Waals surface area contributed by atoms with Crippen molar-refractivity contribution in [2.24, 2.45) is 11.8 Å². The third-order valence-corrected chi connectivity index (χ3v) is 2.21. The average Bonchev–Trinajstić information content (AvgIpc) is 1.61. The maximum absolute atomic E-state index is 2.44. The summed E-state index contributed by atoms with van der Waals surface area (Å²) in [6.07, 6.45) is 5.13. The molecule has 0 heterocycles. The van der Waals surface area contributed by atoms with Gasteiger partial charge in [0.05, 0.1) is 0 Å². The first-order valence-electron chi connectivity index (χ1n) is 3.94. The van der Waals surface area contributed by atoms with Crippen LogP contribution in [0.2, 0.25) is 0 Å². The molecular weight excluding hydrogens is 108 g/mol. The van der Waals surface area contributed by atoms with Crippen molar-refractivity contribution in [2.75, 3.05) is 0 Å². The summed E-state index contributed by atoms with van der Waals surface area (Å²) in [5.74, 6) is 1.72. The van der Waals surface area contributed by atoms with Crippen LogP contribution in [0.1, 0.15) is 33.6 Å². The molecule has 1 rings (SSSR count). The van der Waals surface area contributed by atoms with Crippen LogP contribution in [0.3, 0.4) is 0 Å². The number of rotatable bonds is 2. The van der Waals surface area contributed by atoms with Crippen LogP contribution in [0.15, 0.2) is 11.6 Å². The van der Waals surface area contributed by atoms with Crippen LogP contribution in [-0.2, 0) is 0 Å². The highest BCUT2D eigenvalue weighted by Crippen LogP contribution is 2.32. The van der Waals surface area contributed by atoms with E-state index in [2.05, 4.69) is 26.8 Å². The molecule has 52 valence electrons. The van der Waals surface area contributed by atoms with Crippen LogP contribution in [0.25, 0.3) is 0 Å². The van der Waals surface area contributed by atoms with Crippen molar-refractivity contribution < 1.29 is 0 Å². The van der Waals surface area contributed by atoms with Gasteiger partial charge < -0.3 is 0 Å². The summed E-state index contributed by atoms with van der Waals surface area (Å²) >= 11 is 0. The largest absolute Gasteiger partial charge is 0.0816 e. The normalized spacial score (nSPS) is 25.8. The molecule has 1 atom stereocenters. The summed E-state index contributed by atoms with van der Waals surface area (Å²) in [6, 6.07) is 0. The first kappa shape index (κ1) is 6.85. The molecule has 0 heteroatoms. The van der Waals surface area contributed by atoms with E-state index in [1.54, 1.807) is 5.57 Å². The van der Waals surface area contributed by atoms with E-state index in [1.807, 2.05) is 0 Å². The van der Waals surface area contributed by atoms with Gasteiger partial charge in [0, 0.05) is 0 Å². The lowest BCUT2D eigenvalue weighted by Crippen LogP contribution is -2.12. The van der Waals surface area contributed by atoms with Gasteiger partial charge in [-0.05, 0) is 24.7 Å². The van der Waals surface area contributed by atoms with Gasteiger partial charge in [0.2, 0.25) is 0 Å². The molecule has 0 aromatic heterocycles. The SMILES string of the molecule is CCC1C=C(C(C)C)C1. The van der Waals surface area contributed by atoms with Gasteiger partial charge >= 0.3 is 0 Å². The van der Waals surface area contributed by atoms with Crippen molar-refractivity contribution in [1.29, 1.82) is 0 Å². The van der Waals surface area contributed by atoms with Crippen molar-refractivity contribution in [2.45, 2.75) is 33.6 Å². The second-order valence-corrected chi connectivity index (χ2v) is 3.27. The fourth-order valence-electron chi connectivity index (χ4n) is 1.26. The van der Waals surface area contributed by atoms with Crippen LogP contribution in [0.5, 0.6) is 0 Å². The molecular formula is C9H16. The highest BCUT2D eigenvalue weighted by atomic mass is 14.2. The monoisotopic (exact) mass is 124 g/mol. The van der Waals surface area contributed by atoms with E-state index < -0.39 is 0 Å². The summed E-state index contributed by atoms with van der Waals surface area (Å²) in [7, 11) is 0. The summed E-state index contributed by atoms with van der Waals surface area (Å²) < 4.78 is 0. The average molecular weight is 124 g/mol. The Bertz CT molecular complexity index is 120. The van der Waals surface area contributed by atoms with Gasteiger partial charge in [-0.3, -0.25) is 0 Å². The molecule has 0 bridgehead atoms. The molecule has 0 nitrogen and oxygen atoms in total. The van der Waals surface area contributed by atoms with Crippen LogP contribution >= 0.6 is 0 Å². The molecule has 0 saturated heterocycles. The Morgan fingerprint density at radius 3 is 2.56 bits per heavy atom. The van der Waals surface area contributed by atoms with Gasteiger partial charge in [0.1, 0.15) is 0 Å². The first-order valence-corrected chi connectivity index (χ1v) is 3.94. The van der Waals surface area contributed by atoms with Crippen LogP contribution in [0.4, 0.5) is 0 Å². The minimum Gasteiger partial charge on any atom is -0.0816 e. The van der Waals surface area contributed by atoms with E-state index in [9.17, 15) is 0 Å². The van der Waals surface area contributed by atoms with Crippen molar-refractivity contribution in [1.82, 2.24) is 0 Å². The first-order chi connectivity index (χ1) is 4.24. The van der Waals surface area contributed by atoms with Crippen molar-refractivity contribution >= 4 is 0 Å². The molecule has 0 N–H and O–H groups in total. The number of hydrogen-bond donors (Lipinski definition) is 0. The lowest BCUT2D eigenvalue weighted by atomic mass is 9.79. The maximum Gasteiger partial charge on any atom is -0.0196 e. The topological polar surface area (TPSA) is 0 Å². The summed E-state index contributed by atoms with van der Waals surface area (Å²) in [4.78, 5) is 0. The smallest absolute Gasteiger partial charge is 0.0196 e. The molecule has 0 aromatic carbocycles. The third kappa shape index (κ3) is 1.35. The van der Waals surface area contributed by atoms with E-state index in [1.165, 1.54) is 12.8 Å². The molecule has 0 spiro atoms. The Morgan fingerprint density at radius 1 is 1.67 bits per heavy atom. The summed E-state index contributed by atoms with van der Waals surface area (Å²) in [5, 5.41) is 0. The molecule has 9 heavy (non-hydrogen) atoms. The minimum absolute atomic E-state index is 0.799. The molecule has 0 fully saturated rings. The lowest BCUT2D eigenvalue weighted by molar-refractivity contribution is 0.506. The van der Waals surface area contributed by atoms with E-state index >= 15 is 0 Å². The minimum atomic E-state index is 0.799. The van der Waals surface area contributed by atoms with E-state index in [0.717, 1.165) is 11.8 Å². The predicted molar refractivity (Wildman–Crippen MR) is 41.3 cm³/mol. The molecule has 1 aliphatic carbocycles.